The minimum atomic E-state index is -4.60. The van der Waals surface area contributed by atoms with Crippen molar-refractivity contribution in [2.45, 2.75) is 12.6 Å². The van der Waals surface area contributed by atoms with Crippen molar-refractivity contribution in [3.8, 4) is 5.69 Å². The van der Waals surface area contributed by atoms with Gasteiger partial charge in [0.2, 0.25) is 0 Å². The largest absolute Gasteiger partial charge is 0.433 e. The van der Waals surface area contributed by atoms with Crippen LogP contribution in [0.25, 0.3) is 5.69 Å². The summed E-state index contributed by atoms with van der Waals surface area (Å²) < 4.78 is 40.1. The number of carbonyl (C=O) groups is 1. The van der Waals surface area contributed by atoms with Gasteiger partial charge in [0, 0.05) is 31.4 Å². The Morgan fingerprint density at radius 1 is 1.19 bits per heavy atom. The van der Waals surface area contributed by atoms with Crippen molar-refractivity contribution in [3.63, 3.8) is 0 Å². The van der Waals surface area contributed by atoms with Crippen molar-refractivity contribution in [1.29, 1.82) is 0 Å². The van der Waals surface area contributed by atoms with Gasteiger partial charge in [-0.05, 0) is 12.1 Å². The van der Waals surface area contributed by atoms with E-state index in [0.29, 0.717) is 23.4 Å². The van der Waals surface area contributed by atoms with Gasteiger partial charge in [0.1, 0.15) is 17.8 Å². The van der Waals surface area contributed by atoms with E-state index in [2.05, 4.69) is 20.1 Å². The summed E-state index contributed by atoms with van der Waals surface area (Å²) in [7, 11) is 0. The highest BCUT2D eigenvalue weighted by molar-refractivity contribution is 6.07. The molecule has 1 aliphatic rings. The van der Waals surface area contributed by atoms with Gasteiger partial charge in [-0.1, -0.05) is 0 Å². The third-order valence-corrected chi connectivity index (χ3v) is 3.97. The van der Waals surface area contributed by atoms with Crippen molar-refractivity contribution in [2.75, 3.05) is 11.4 Å². The molecular formula is C16H11F3N6O. The number of nitrogens with zero attached hydrogens (tertiary/aromatic N) is 6. The first kappa shape index (κ1) is 16.2. The first-order chi connectivity index (χ1) is 12.4. The Balaban J connectivity index is 1.68. The van der Waals surface area contributed by atoms with Gasteiger partial charge in [-0.15, -0.1) is 0 Å². The fourth-order valence-electron chi connectivity index (χ4n) is 2.73. The average molecular weight is 360 g/mol. The molecule has 3 aromatic rings. The van der Waals surface area contributed by atoms with E-state index in [-0.39, 0.29) is 12.4 Å². The lowest BCUT2D eigenvalue weighted by atomic mass is 10.1. The second kappa shape index (κ2) is 5.90. The molecule has 0 atom stereocenters. The van der Waals surface area contributed by atoms with E-state index in [4.69, 9.17) is 0 Å². The second-order valence-electron chi connectivity index (χ2n) is 5.61. The normalized spacial score (nSPS) is 14.4. The Hall–Kier alpha value is -3.30. The molecule has 0 N–H and O–H groups in total. The van der Waals surface area contributed by atoms with E-state index >= 15 is 0 Å². The van der Waals surface area contributed by atoms with E-state index in [1.807, 2.05) is 0 Å². The molecule has 0 unspecified atom stereocenters. The van der Waals surface area contributed by atoms with Gasteiger partial charge in [0.05, 0.1) is 23.1 Å². The average Bonchev–Trinajstić information content (AvgIpc) is 3.07. The van der Waals surface area contributed by atoms with Crippen LogP contribution in [0.4, 0.5) is 19.0 Å². The van der Waals surface area contributed by atoms with Crippen LogP contribution in [0.1, 0.15) is 21.7 Å². The van der Waals surface area contributed by atoms with Crippen LogP contribution in [-0.2, 0) is 12.6 Å². The number of carbonyl (C=O) groups excluding carboxylic acids is 1. The van der Waals surface area contributed by atoms with Gasteiger partial charge in [0.25, 0.3) is 5.91 Å². The summed E-state index contributed by atoms with van der Waals surface area (Å²) in [6.45, 7) is 0.185. The molecule has 4 heterocycles. The van der Waals surface area contributed by atoms with Gasteiger partial charge < -0.3 is 0 Å². The SMILES string of the molecule is O=C1c2cn(-c3cccnc3)nc2CCN1c1cc(C(F)(F)F)ncn1. The fraction of sp³-hybridized carbons (Fsp3) is 0.188. The summed E-state index contributed by atoms with van der Waals surface area (Å²) in [5.41, 5.74) is 0.502. The van der Waals surface area contributed by atoms with Gasteiger partial charge >= 0.3 is 6.18 Å². The Morgan fingerprint density at radius 2 is 2.04 bits per heavy atom. The zero-order valence-electron chi connectivity index (χ0n) is 13.2. The molecule has 132 valence electrons. The maximum atomic E-state index is 12.8. The summed E-state index contributed by atoms with van der Waals surface area (Å²) in [4.78, 5) is 25.0. The molecule has 0 spiro atoms. The Bertz CT molecular complexity index is 970. The minimum Gasteiger partial charge on any atom is -0.292 e. The van der Waals surface area contributed by atoms with E-state index in [9.17, 15) is 18.0 Å². The standard InChI is InChI=1S/C16H11F3N6O/c17-16(18,19)13-6-14(22-9-21-13)24-5-3-12-11(15(24)26)8-25(23-12)10-2-1-4-20-7-10/h1-2,4,6-9H,3,5H2. The van der Waals surface area contributed by atoms with Crippen LogP contribution >= 0.6 is 0 Å². The molecular weight excluding hydrogens is 349 g/mol. The maximum absolute atomic E-state index is 12.8. The number of hydrogen-bond acceptors (Lipinski definition) is 5. The summed E-state index contributed by atoms with van der Waals surface area (Å²) in [5, 5.41) is 4.37. The van der Waals surface area contributed by atoms with Crippen molar-refractivity contribution >= 4 is 11.7 Å². The number of anilines is 1. The van der Waals surface area contributed by atoms with Crippen LogP contribution in [0.3, 0.4) is 0 Å². The summed E-state index contributed by atoms with van der Waals surface area (Å²) in [6, 6.07) is 4.30. The summed E-state index contributed by atoms with van der Waals surface area (Å²) in [5.74, 6) is -0.537. The second-order valence-corrected chi connectivity index (χ2v) is 5.61. The fourth-order valence-corrected chi connectivity index (χ4v) is 2.73. The maximum Gasteiger partial charge on any atom is 0.433 e. The highest BCUT2D eigenvalue weighted by atomic mass is 19.4. The van der Waals surface area contributed by atoms with Crippen LogP contribution in [-0.4, -0.2) is 37.2 Å². The summed E-state index contributed by atoms with van der Waals surface area (Å²) in [6.07, 6.45) is 1.37. The number of halogens is 3. The Kier molecular flexibility index (Phi) is 3.67. The molecule has 10 heteroatoms. The quantitative estimate of drug-likeness (QED) is 0.701. The lowest BCUT2D eigenvalue weighted by molar-refractivity contribution is -0.141. The molecule has 4 rings (SSSR count). The molecule has 0 saturated carbocycles. The van der Waals surface area contributed by atoms with Crippen molar-refractivity contribution in [1.82, 2.24) is 24.7 Å². The van der Waals surface area contributed by atoms with Gasteiger partial charge in [-0.25, -0.2) is 14.6 Å². The smallest absolute Gasteiger partial charge is 0.292 e. The van der Waals surface area contributed by atoms with Crippen LogP contribution in [0.5, 0.6) is 0 Å². The van der Waals surface area contributed by atoms with Crippen LogP contribution < -0.4 is 4.90 Å². The number of aromatic nitrogens is 5. The van der Waals surface area contributed by atoms with Crippen LogP contribution in [0.15, 0.2) is 43.1 Å². The monoisotopic (exact) mass is 360 g/mol. The Labute approximate surface area is 145 Å². The molecule has 1 amide bonds. The zero-order valence-corrected chi connectivity index (χ0v) is 13.2. The van der Waals surface area contributed by atoms with Crippen LogP contribution in [0, 0.1) is 0 Å². The van der Waals surface area contributed by atoms with Crippen molar-refractivity contribution < 1.29 is 18.0 Å². The molecule has 0 radical (unpaired) electrons. The first-order valence-corrected chi connectivity index (χ1v) is 7.63. The van der Waals surface area contributed by atoms with E-state index in [0.717, 1.165) is 12.4 Å². The molecule has 1 aliphatic heterocycles. The molecule has 7 nitrogen and oxygen atoms in total. The highest BCUT2D eigenvalue weighted by Gasteiger charge is 2.35. The van der Waals surface area contributed by atoms with E-state index in [1.165, 1.54) is 9.58 Å². The van der Waals surface area contributed by atoms with E-state index in [1.54, 1.807) is 30.7 Å². The first-order valence-electron chi connectivity index (χ1n) is 7.63. The van der Waals surface area contributed by atoms with Crippen molar-refractivity contribution in [3.05, 3.63) is 60.1 Å². The summed E-state index contributed by atoms with van der Waals surface area (Å²) >= 11 is 0. The number of alkyl halides is 3. The number of amides is 1. The zero-order chi connectivity index (χ0) is 18.3. The van der Waals surface area contributed by atoms with Gasteiger partial charge in [0.15, 0.2) is 0 Å². The minimum absolute atomic E-state index is 0.0860. The predicted octanol–water partition coefficient (Wildman–Crippen LogP) is 2.28. The number of fused-ring (bicyclic) bond motifs is 1. The van der Waals surface area contributed by atoms with Gasteiger partial charge in [-0.2, -0.15) is 18.3 Å². The predicted molar refractivity (Wildman–Crippen MR) is 83.8 cm³/mol. The Morgan fingerprint density at radius 3 is 2.77 bits per heavy atom. The molecule has 0 fully saturated rings. The molecule has 0 bridgehead atoms. The number of rotatable bonds is 2. The van der Waals surface area contributed by atoms with Crippen LogP contribution in [0.2, 0.25) is 0 Å². The highest BCUT2D eigenvalue weighted by Crippen LogP contribution is 2.30. The molecule has 0 aliphatic carbocycles. The molecule has 0 saturated heterocycles. The lowest BCUT2D eigenvalue weighted by Crippen LogP contribution is -2.38. The number of hydrogen-bond donors (Lipinski definition) is 0. The third-order valence-electron chi connectivity index (χ3n) is 3.97. The van der Waals surface area contributed by atoms with E-state index < -0.39 is 17.8 Å². The molecule has 26 heavy (non-hydrogen) atoms. The third kappa shape index (κ3) is 2.79. The number of pyridine rings is 1. The lowest BCUT2D eigenvalue weighted by Gasteiger charge is -2.25. The topological polar surface area (TPSA) is 76.8 Å². The molecule has 0 aromatic carbocycles. The van der Waals surface area contributed by atoms with Gasteiger partial charge in [-0.3, -0.25) is 14.7 Å². The van der Waals surface area contributed by atoms with Crippen molar-refractivity contribution in [2.24, 2.45) is 0 Å². The molecule has 3 aromatic heterocycles.